The molecule has 2 aromatic heterocycles. The van der Waals surface area contributed by atoms with Crippen molar-refractivity contribution in [2.45, 2.75) is 18.3 Å². The highest BCUT2D eigenvalue weighted by atomic mass is 32.2. The Hall–Kier alpha value is -3.21. The first-order valence-corrected chi connectivity index (χ1v) is 10.5. The number of nitrogens with zero attached hydrogens (tertiary/aromatic N) is 3. The first-order valence-electron chi connectivity index (χ1n) is 8.66. The molecule has 8 nitrogen and oxygen atoms in total. The molecule has 2 heterocycles. The molecule has 160 valence electrons. The Morgan fingerprint density at radius 1 is 1.23 bits per heavy atom. The molecule has 30 heavy (non-hydrogen) atoms. The fraction of sp³-hybridized carbons (Fsp3) is 0.263. The van der Waals surface area contributed by atoms with Gasteiger partial charge in [0.1, 0.15) is 0 Å². The number of imidazole rings is 1. The summed E-state index contributed by atoms with van der Waals surface area (Å²) in [5.41, 5.74) is 0.937. The molecule has 1 amide bonds. The van der Waals surface area contributed by atoms with Crippen LogP contribution in [-0.2, 0) is 16.4 Å². The molecular weight excluding hydrogens is 420 g/mol. The van der Waals surface area contributed by atoms with E-state index in [1.165, 1.54) is 47.9 Å². The lowest BCUT2D eigenvalue weighted by molar-refractivity contribution is -0.0512. The zero-order valence-corrected chi connectivity index (χ0v) is 17.2. The zero-order chi connectivity index (χ0) is 22.1. The molecule has 0 aliphatic carbocycles. The monoisotopic (exact) mass is 439 g/mol. The molecule has 1 aromatic carbocycles. The van der Waals surface area contributed by atoms with Crippen molar-refractivity contribution in [3.8, 4) is 11.5 Å². The molecule has 0 bridgehead atoms. The van der Waals surface area contributed by atoms with E-state index in [1.54, 1.807) is 18.2 Å². The lowest BCUT2D eigenvalue weighted by Crippen LogP contribution is -2.26. The van der Waals surface area contributed by atoms with Crippen molar-refractivity contribution in [2.24, 2.45) is 0 Å². The third-order valence-corrected chi connectivity index (χ3v) is 5.21. The molecule has 0 unspecified atom stereocenters. The van der Waals surface area contributed by atoms with E-state index in [9.17, 15) is 22.0 Å². The Balaban J connectivity index is 1.90. The number of benzene rings is 1. The van der Waals surface area contributed by atoms with Crippen molar-refractivity contribution in [2.75, 3.05) is 20.4 Å². The van der Waals surface area contributed by atoms with Crippen LogP contribution in [0.3, 0.4) is 0 Å². The number of methoxy groups -OCH3 is 1. The summed E-state index contributed by atoms with van der Waals surface area (Å²) < 4.78 is 59.8. The molecule has 0 aliphatic rings. The Bertz CT molecular complexity index is 1190. The molecule has 0 saturated carbocycles. The van der Waals surface area contributed by atoms with Crippen LogP contribution in [0.15, 0.2) is 47.8 Å². The van der Waals surface area contributed by atoms with Gasteiger partial charge in [0.2, 0.25) is 15.0 Å². The molecule has 3 aromatic rings. The minimum atomic E-state index is -3.66. The number of aromatic nitrogens is 2. The molecule has 11 heteroatoms. The lowest BCUT2D eigenvalue weighted by Gasteiger charge is -2.18. The molecule has 0 saturated heterocycles. The van der Waals surface area contributed by atoms with Crippen molar-refractivity contribution in [1.29, 1.82) is 0 Å². The molecule has 0 fully saturated rings. The van der Waals surface area contributed by atoms with Crippen molar-refractivity contribution < 1.29 is 31.5 Å². The van der Waals surface area contributed by atoms with Gasteiger partial charge in [0.05, 0.1) is 12.6 Å². The predicted molar refractivity (Wildman–Crippen MR) is 104 cm³/mol. The molecule has 0 radical (unpaired) electrons. The summed E-state index contributed by atoms with van der Waals surface area (Å²) in [7, 11) is -0.825. The number of hydrogen-bond donors (Lipinski definition) is 0. The maximum atomic E-state index is 13.0. The Labute approximate surface area is 171 Å². The zero-order valence-electron chi connectivity index (χ0n) is 16.4. The number of ether oxygens (including phenoxy) is 2. The summed E-state index contributed by atoms with van der Waals surface area (Å²) in [5, 5.41) is -0.231. The number of amides is 1. The van der Waals surface area contributed by atoms with Gasteiger partial charge in [-0.15, -0.1) is 0 Å². The average molecular weight is 439 g/mol. The smallest absolute Gasteiger partial charge is 0.387 e. The predicted octanol–water partition coefficient (Wildman–Crippen LogP) is 2.62. The maximum Gasteiger partial charge on any atom is 0.387 e. The lowest BCUT2D eigenvalue weighted by atomic mass is 10.2. The summed E-state index contributed by atoms with van der Waals surface area (Å²) >= 11 is 0. The van der Waals surface area contributed by atoms with Crippen molar-refractivity contribution in [3.63, 3.8) is 0 Å². The standard InChI is InChI=1S/C19H19F2N3O5S/c1-23(11-12-7-8-14(29-18(20)21)15(10-12)28-2)17(25)16-13-6-4-5-9-24(13)19(22-16)30(3,26)27/h4-10,18H,11H2,1-3H3. The molecule has 0 aliphatic heterocycles. The van der Waals surface area contributed by atoms with Crippen LogP contribution in [-0.4, -0.2) is 55.6 Å². The molecule has 0 atom stereocenters. The number of pyridine rings is 1. The molecule has 0 spiro atoms. The van der Waals surface area contributed by atoms with Crippen molar-refractivity contribution >= 4 is 21.3 Å². The van der Waals surface area contributed by atoms with E-state index in [1.807, 2.05) is 0 Å². The highest BCUT2D eigenvalue weighted by Crippen LogP contribution is 2.30. The van der Waals surface area contributed by atoms with Crippen LogP contribution in [0.25, 0.3) is 5.52 Å². The van der Waals surface area contributed by atoms with Gasteiger partial charge < -0.3 is 14.4 Å². The van der Waals surface area contributed by atoms with Crippen LogP contribution in [0.2, 0.25) is 0 Å². The summed E-state index contributed by atoms with van der Waals surface area (Å²) in [5.74, 6) is -0.524. The van der Waals surface area contributed by atoms with Gasteiger partial charge in [-0.1, -0.05) is 12.1 Å². The fourth-order valence-electron chi connectivity index (χ4n) is 2.96. The van der Waals surface area contributed by atoms with Crippen molar-refractivity contribution in [1.82, 2.24) is 14.3 Å². The van der Waals surface area contributed by atoms with Gasteiger partial charge in [0, 0.05) is 26.0 Å². The van der Waals surface area contributed by atoms with Crippen LogP contribution in [0, 0.1) is 0 Å². The number of carbonyl (C=O) groups is 1. The Kier molecular flexibility index (Phi) is 5.92. The van der Waals surface area contributed by atoms with Crippen LogP contribution in [0.4, 0.5) is 8.78 Å². The number of alkyl halides is 2. The largest absolute Gasteiger partial charge is 0.493 e. The average Bonchev–Trinajstić information content (AvgIpc) is 3.08. The van der Waals surface area contributed by atoms with E-state index in [2.05, 4.69) is 9.72 Å². The summed E-state index contributed by atoms with van der Waals surface area (Å²) in [6.07, 6.45) is 2.53. The number of sulfone groups is 1. The third kappa shape index (κ3) is 4.35. The summed E-state index contributed by atoms with van der Waals surface area (Å²) in [6.45, 7) is -2.89. The second-order valence-electron chi connectivity index (χ2n) is 6.50. The Morgan fingerprint density at radius 2 is 1.97 bits per heavy atom. The molecule has 0 N–H and O–H groups in total. The molecular formula is C19H19F2N3O5S. The minimum Gasteiger partial charge on any atom is -0.493 e. The topological polar surface area (TPSA) is 90.2 Å². The van der Waals surface area contributed by atoms with Gasteiger partial charge in [-0.2, -0.15) is 8.78 Å². The number of halogens is 2. The summed E-state index contributed by atoms with van der Waals surface area (Å²) in [4.78, 5) is 18.4. The van der Waals surface area contributed by atoms with E-state index in [-0.39, 0.29) is 28.9 Å². The number of fused-ring (bicyclic) bond motifs is 1. The first kappa shape index (κ1) is 21.5. The van der Waals surface area contributed by atoms with Gasteiger partial charge in [0.25, 0.3) is 5.91 Å². The van der Waals surface area contributed by atoms with Crippen LogP contribution in [0.1, 0.15) is 16.1 Å². The number of rotatable bonds is 7. The second kappa shape index (κ2) is 8.27. The second-order valence-corrected chi connectivity index (χ2v) is 8.41. The van der Waals surface area contributed by atoms with Gasteiger partial charge in [-0.3, -0.25) is 9.20 Å². The van der Waals surface area contributed by atoms with Gasteiger partial charge in [0.15, 0.2) is 17.2 Å². The van der Waals surface area contributed by atoms with E-state index in [0.717, 1.165) is 6.26 Å². The normalized spacial score (nSPS) is 11.7. The number of hydrogen-bond acceptors (Lipinski definition) is 6. The van der Waals surface area contributed by atoms with E-state index in [0.29, 0.717) is 11.1 Å². The summed E-state index contributed by atoms with van der Waals surface area (Å²) in [6, 6.07) is 9.24. The minimum absolute atomic E-state index is 0.0110. The highest BCUT2D eigenvalue weighted by molar-refractivity contribution is 7.90. The third-order valence-electron chi connectivity index (χ3n) is 4.26. The van der Waals surface area contributed by atoms with Gasteiger partial charge >= 0.3 is 6.61 Å². The van der Waals surface area contributed by atoms with Crippen molar-refractivity contribution in [3.05, 3.63) is 53.9 Å². The number of carbonyl (C=O) groups excluding carboxylic acids is 1. The fourth-order valence-corrected chi connectivity index (χ4v) is 3.73. The van der Waals surface area contributed by atoms with Crippen LogP contribution < -0.4 is 9.47 Å². The van der Waals surface area contributed by atoms with Crippen LogP contribution in [0.5, 0.6) is 11.5 Å². The highest BCUT2D eigenvalue weighted by Gasteiger charge is 2.25. The van der Waals surface area contributed by atoms with E-state index in [4.69, 9.17) is 4.74 Å². The van der Waals surface area contributed by atoms with Crippen LogP contribution >= 0.6 is 0 Å². The Morgan fingerprint density at radius 3 is 2.60 bits per heavy atom. The van der Waals surface area contributed by atoms with Gasteiger partial charge in [-0.05, 0) is 29.8 Å². The first-order chi connectivity index (χ1) is 14.1. The van der Waals surface area contributed by atoms with E-state index >= 15 is 0 Å². The maximum absolute atomic E-state index is 13.0. The SMILES string of the molecule is COc1cc(CN(C)C(=O)c2nc(S(C)(=O)=O)n3ccccc23)ccc1OC(F)F. The quantitative estimate of drug-likeness (QED) is 0.562. The van der Waals surface area contributed by atoms with Gasteiger partial charge in [-0.25, -0.2) is 13.4 Å². The van der Waals surface area contributed by atoms with E-state index < -0.39 is 22.4 Å². The molecule has 3 rings (SSSR count).